The van der Waals surface area contributed by atoms with Gasteiger partial charge in [0.05, 0.1) is 0 Å². The second-order valence-corrected chi connectivity index (χ2v) is 2.77. The number of anilines is 1. The molecule has 0 aromatic carbocycles. The van der Waals surface area contributed by atoms with E-state index >= 15 is 0 Å². The maximum Gasteiger partial charge on any atom is 0.342 e. The minimum absolute atomic E-state index is 0. The number of hydrogen-bond donors (Lipinski definition) is 2. The summed E-state index contributed by atoms with van der Waals surface area (Å²) in [4.78, 5) is 13.1. The maximum atomic E-state index is 10.4. The zero-order valence-corrected chi connectivity index (χ0v) is 8.12. The highest BCUT2D eigenvalue weighted by atomic mass is 79.9. The lowest BCUT2D eigenvalue weighted by molar-refractivity contribution is -0.355. The SMILES string of the molecule is CC(=O)Nc1[nH+]cc(O)s1.[Br-]. The predicted octanol–water partition coefficient (Wildman–Crippen LogP) is -2.77. The van der Waals surface area contributed by atoms with E-state index in [0.717, 1.165) is 11.3 Å². The van der Waals surface area contributed by atoms with E-state index in [-0.39, 0.29) is 28.0 Å². The van der Waals surface area contributed by atoms with Gasteiger partial charge in [-0.1, -0.05) is 0 Å². The Hall–Kier alpha value is -0.620. The van der Waals surface area contributed by atoms with Gasteiger partial charge in [0.25, 0.3) is 0 Å². The topological polar surface area (TPSA) is 63.5 Å². The van der Waals surface area contributed by atoms with E-state index in [1.54, 1.807) is 0 Å². The zero-order valence-electron chi connectivity index (χ0n) is 5.72. The third-order valence-electron chi connectivity index (χ3n) is 0.823. The molecule has 3 N–H and O–H groups in total. The molecule has 0 unspecified atom stereocenters. The molecule has 1 aromatic rings. The summed E-state index contributed by atoms with van der Waals surface area (Å²) in [6.45, 7) is 1.41. The minimum Gasteiger partial charge on any atom is -1.00 e. The van der Waals surface area contributed by atoms with E-state index in [1.807, 2.05) is 0 Å². The third-order valence-corrected chi connectivity index (χ3v) is 1.57. The zero-order chi connectivity index (χ0) is 7.56. The molecule has 0 bridgehead atoms. The van der Waals surface area contributed by atoms with Gasteiger partial charge in [-0.05, 0) is 11.3 Å². The molecule has 0 atom stereocenters. The Morgan fingerprint density at radius 1 is 1.82 bits per heavy atom. The molecular formula is C5H7BrN2O2S. The Labute approximate surface area is 78.0 Å². The average Bonchev–Trinajstić information content (AvgIpc) is 2.13. The van der Waals surface area contributed by atoms with Crippen molar-refractivity contribution in [2.45, 2.75) is 6.92 Å². The van der Waals surface area contributed by atoms with E-state index < -0.39 is 0 Å². The van der Waals surface area contributed by atoms with Gasteiger partial charge in [-0.3, -0.25) is 0 Å². The Bertz CT molecular complexity index is 250. The smallest absolute Gasteiger partial charge is 0.342 e. The van der Waals surface area contributed by atoms with E-state index in [4.69, 9.17) is 5.11 Å². The van der Waals surface area contributed by atoms with Gasteiger partial charge in [0.15, 0.2) is 0 Å². The van der Waals surface area contributed by atoms with Crippen LogP contribution in [0, 0.1) is 0 Å². The number of rotatable bonds is 1. The van der Waals surface area contributed by atoms with Crippen LogP contribution in [-0.4, -0.2) is 11.0 Å². The van der Waals surface area contributed by atoms with Crippen LogP contribution in [0.3, 0.4) is 0 Å². The predicted molar refractivity (Wildman–Crippen MR) is 36.8 cm³/mol. The highest BCUT2D eigenvalue weighted by molar-refractivity contribution is 7.16. The van der Waals surface area contributed by atoms with Gasteiger partial charge in [-0.15, -0.1) is 0 Å². The van der Waals surface area contributed by atoms with Crippen molar-refractivity contribution in [2.24, 2.45) is 0 Å². The fraction of sp³-hybridized carbons (Fsp3) is 0.200. The first-order chi connectivity index (χ1) is 4.68. The number of carbonyl (C=O) groups excluding carboxylic acids is 1. The van der Waals surface area contributed by atoms with Crippen LogP contribution in [-0.2, 0) is 4.79 Å². The van der Waals surface area contributed by atoms with E-state index in [0.29, 0.717) is 5.13 Å². The Morgan fingerprint density at radius 3 is 2.82 bits per heavy atom. The summed E-state index contributed by atoms with van der Waals surface area (Å²) in [6, 6.07) is 0. The quantitative estimate of drug-likeness (QED) is 0.557. The van der Waals surface area contributed by atoms with Gasteiger partial charge < -0.3 is 22.1 Å². The van der Waals surface area contributed by atoms with Gasteiger partial charge in [0.2, 0.25) is 5.06 Å². The lowest BCUT2D eigenvalue weighted by atomic mass is 10.7. The standard InChI is InChI=1S/C5H6N2O2S.BrH/c1-3(8)7-5-6-2-4(9)10-5;/h2,9H,1H3,(H,6,7,8);1H. The van der Waals surface area contributed by atoms with Crippen molar-refractivity contribution < 1.29 is 31.9 Å². The number of aromatic amines is 1. The van der Waals surface area contributed by atoms with Gasteiger partial charge in [-0.25, -0.2) is 15.1 Å². The number of H-pyrrole nitrogens is 1. The van der Waals surface area contributed by atoms with Crippen molar-refractivity contribution >= 4 is 22.4 Å². The molecule has 0 saturated carbocycles. The molecule has 0 aliphatic heterocycles. The molecule has 62 valence electrons. The van der Waals surface area contributed by atoms with Gasteiger partial charge >= 0.3 is 11.0 Å². The van der Waals surface area contributed by atoms with Crippen LogP contribution in [0.15, 0.2) is 6.20 Å². The summed E-state index contributed by atoms with van der Waals surface area (Å²) < 4.78 is 0. The number of aromatic hydroxyl groups is 1. The number of halogens is 1. The van der Waals surface area contributed by atoms with Crippen molar-refractivity contribution in [1.29, 1.82) is 0 Å². The van der Waals surface area contributed by atoms with Gasteiger partial charge in [0.1, 0.15) is 6.20 Å². The molecule has 1 aromatic heterocycles. The molecule has 0 radical (unpaired) electrons. The second-order valence-electron chi connectivity index (χ2n) is 1.74. The first-order valence-corrected chi connectivity index (χ1v) is 3.48. The summed E-state index contributed by atoms with van der Waals surface area (Å²) in [7, 11) is 0. The molecule has 0 aliphatic carbocycles. The number of amides is 1. The van der Waals surface area contributed by atoms with E-state index in [9.17, 15) is 4.79 Å². The second kappa shape index (κ2) is 4.30. The molecule has 0 fully saturated rings. The summed E-state index contributed by atoms with van der Waals surface area (Å²) in [5, 5.41) is 12.0. The molecule has 1 amide bonds. The van der Waals surface area contributed by atoms with Gasteiger partial charge in [-0.2, -0.15) is 0 Å². The fourth-order valence-corrected chi connectivity index (χ4v) is 1.15. The highest BCUT2D eigenvalue weighted by Gasteiger charge is 2.07. The summed E-state index contributed by atoms with van der Waals surface area (Å²) >= 11 is 1.08. The minimum atomic E-state index is -0.155. The lowest BCUT2D eigenvalue weighted by Crippen LogP contribution is -3.00. The lowest BCUT2D eigenvalue weighted by Gasteiger charge is -1.82. The van der Waals surface area contributed by atoms with Crippen molar-refractivity contribution in [3.8, 4) is 5.06 Å². The third kappa shape index (κ3) is 3.33. The van der Waals surface area contributed by atoms with Crippen molar-refractivity contribution in [3.63, 3.8) is 0 Å². The van der Waals surface area contributed by atoms with Gasteiger partial charge in [0, 0.05) is 6.92 Å². The molecule has 1 heterocycles. The van der Waals surface area contributed by atoms with Crippen LogP contribution in [0.2, 0.25) is 0 Å². The van der Waals surface area contributed by atoms with Crippen LogP contribution < -0.4 is 27.3 Å². The van der Waals surface area contributed by atoms with Crippen LogP contribution in [0.1, 0.15) is 6.92 Å². The van der Waals surface area contributed by atoms with Crippen LogP contribution in [0.5, 0.6) is 5.06 Å². The molecule has 0 spiro atoms. The first kappa shape index (κ1) is 10.4. The largest absolute Gasteiger partial charge is 1.00 e. The van der Waals surface area contributed by atoms with Crippen LogP contribution >= 0.6 is 11.3 Å². The van der Waals surface area contributed by atoms with Crippen LogP contribution in [0.25, 0.3) is 0 Å². The molecular weight excluding hydrogens is 232 g/mol. The van der Waals surface area contributed by atoms with Crippen molar-refractivity contribution in [3.05, 3.63) is 6.20 Å². The monoisotopic (exact) mass is 238 g/mol. The number of thiazole rings is 1. The number of nitrogens with one attached hydrogen (secondary N) is 2. The van der Waals surface area contributed by atoms with Crippen molar-refractivity contribution in [2.75, 3.05) is 5.32 Å². The Balaban J connectivity index is 0.000001000. The van der Waals surface area contributed by atoms with Crippen molar-refractivity contribution in [1.82, 2.24) is 0 Å². The number of carbonyl (C=O) groups is 1. The molecule has 11 heavy (non-hydrogen) atoms. The average molecular weight is 239 g/mol. The molecule has 1 rings (SSSR count). The first-order valence-electron chi connectivity index (χ1n) is 2.66. The number of hydrogen-bond acceptors (Lipinski definition) is 3. The summed E-state index contributed by atoms with van der Waals surface area (Å²) in [5.74, 6) is -0.155. The molecule has 0 aliphatic rings. The van der Waals surface area contributed by atoms with E-state index in [1.165, 1.54) is 13.1 Å². The highest BCUT2D eigenvalue weighted by Crippen LogP contribution is 2.19. The molecule has 4 nitrogen and oxygen atoms in total. The normalized spacial score (nSPS) is 8.45. The Kier molecular flexibility index (Phi) is 4.06. The number of aromatic nitrogens is 1. The fourth-order valence-electron chi connectivity index (χ4n) is 0.512. The molecule has 6 heteroatoms. The molecule has 0 saturated heterocycles. The van der Waals surface area contributed by atoms with E-state index in [2.05, 4.69) is 10.3 Å². The maximum absolute atomic E-state index is 10.4. The summed E-state index contributed by atoms with van der Waals surface area (Å²) in [6.07, 6.45) is 1.41. The van der Waals surface area contributed by atoms with Crippen LogP contribution in [0.4, 0.5) is 5.13 Å². The summed E-state index contributed by atoms with van der Waals surface area (Å²) in [5.41, 5.74) is 0. The Morgan fingerprint density at radius 2 is 2.45 bits per heavy atom.